The maximum atomic E-state index is 15.4. The zero-order valence-corrected chi connectivity index (χ0v) is 19.6. The van der Waals surface area contributed by atoms with Crippen LogP contribution in [0, 0.1) is 18.6 Å². The van der Waals surface area contributed by atoms with E-state index < -0.39 is 23.1 Å². The number of halogens is 2. The van der Waals surface area contributed by atoms with Gasteiger partial charge in [-0.1, -0.05) is 30.3 Å². The zero-order chi connectivity index (χ0) is 24.8. The molecule has 5 nitrogen and oxygen atoms in total. The Hall–Kier alpha value is -3.58. The molecular formula is C27H27F2N3O2. The Balaban J connectivity index is 1.71. The Bertz CT molecular complexity index is 1300. The van der Waals surface area contributed by atoms with Gasteiger partial charge in [-0.15, -0.1) is 0 Å². The summed E-state index contributed by atoms with van der Waals surface area (Å²) in [7, 11) is 1.61. The van der Waals surface area contributed by atoms with Crippen LogP contribution >= 0.6 is 0 Å². The molecule has 176 valence electrons. The van der Waals surface area contributed by atoms with Gasteiger partial charge < -0.3 is 15.7 Å². The number of anilines is 1. The third kappa shape index (κ3) is 4.07. The van der Waals surface area contributed by atoms with Gasteiger partial charge in [0, 0.05) is 48.7 Å². The molecule has 0 spiro atoms. The third-order valence-electron chi connectivity index (χ3n) is 6.25. The summed E-state index contributed by atoms with van der Waals surface area (Å²) >= 11 is 0. The second-order valence-electron chi connectivity index (χ2n) is 9.12. The molecule has 3 N–H and O–H groups in total. The maximum Gasteiger partial charge on any atom is 0.257 e. The number of nitrogens with two attached hydrogens (primary N) is 1. The molecule has 0 aromatic heterocycles. The van der Waals surface area contributed by atoms with Crippen molar-refractivity contribution in [1.82, 2.24) is 4.90 Å². The van der Waals surface area contributed by atoms with Crippen molar-refractivity contribution in [1.29, 1.82) is 0 Å². The summed E-state index contributed by atoms with van der Waals surface area (Å²) in [5, 5.41) is 10.4. The molecule has 4 rings (SSSR count). The van der Waals surface area contributed by atoms with E-state index in [4.69, 9.17) is 5.73 Å². The van der Waals surface area contributed by atoms with E-state index in [0.717, 1.165) is 0 Å². The molecule has 0 radical (unpaired) electrons. The molecule has 7 heteroatoms. The van der Waals surface area contributed by atoms with Gasteiger partial charge in [0.2, 0.25) is 0 Å². The third-order valence-corrected chi connectivity index (χ3v) is 6.25. The molecule has 0 saturated carbocycles. The maximum absolute atomic E-state index is 15.4. The van der Waals surface area contributed by atoms with E-state index >= 15 is 4.39 Å². The molecule has 3 aromatic carbocycles. The fourth-order valence-electron chi connectivity index (χ4n) is 4.51. The largest absolute Gasteiger partial charge is 0.398 e. The van der Waals surface area contributed by atoms with E-state index in [9.17, 15) is 14.3 Å². The van der Waals surface area contributed by atoms with Gasteiger partial charge in [-0.05, 0) is 55.2 Å². The summed E-state index contributed by atoms with van der Waals surface area (Å²) in [5.41, 5.74) is 9.70. The van der Waals surface area contributed by atoms with Crippen LogP contribution in [0.5, 0.6) is 0 Å². The average molecular weight is 464 g/mol. The average Bonchev–Trinajstić information content (AvgIpc) is 3.07. The number of amides is 1. The van der Waals surface area contributed by atoms with Gasteiger partial charge in [-0.25, -0.2) is 8.78 Å². The fraction of sp³-hybridized carbons (Fsp3) is 0.259. The van der Waals surface area contributed by atoms with Crippen molar-refractivity contribution in [2.45, 2.75) is 39.5 Å². The highest BCUT2D eigenvalue weighted by molar-refractivity contribution is 5.99. The van der Waals surface area contributed by atoms with E-state index in [1.54, 1.807) is 58.3 Å². The van der Waals surface area contributed by atoms with Gasteiger partial charge in [0.25, 0.3) is 5.91 Å². The molecule has 0 atom stereocenters. The molecule has 0 aliphatic carbocycles. The van der Waals surface area contributed by atoms with Crippen LogP contribution in [0.25, 0.3) is 11.1 Å². The Morgan fingerprint density at radius 1 is 1.18 bits per heavy atom. The number of aryl methyl sites for hydroxylation is 1. The second-order valence-corrected chi connectivity index (χ2v) is 9.12. The fourth-order valence-corrected chi connectivity index (χ4v) is 4.51. The Labute approximate surface area is 197 Å². The summed E-state index contributed by atoms with van der Waals surface area (Å²) in [5.74, 6) is -1.47. The van der Waals surface area contributed by atoms with Crippen molar-refractivity contribution < 1.29 is 18.7 Å². The van der Waals surface area contributed by atoms with E-state index in [2.05, 4.69) is 4.99 Å². The molecule has 0 fully saturated rings. The summed E-state index contributed by atoms with van der Waals surface area (Å²) in [6.07, 6.45) is 1.59. The second kappa shape index (κ2) is 8.65. The van der Waals surface area contributed by atoms with Gasteiger partial charge >= 0.3 is 0 Å². The van der Waals surface area contributed by atoms with Gasteiger partial charge in [0.05, 0.1) is 11.2 Å². The lowest BCUT2D eigenvalue weighted by Gasteiger charge is -2.23. The molecule has 0 unspecified atom stereocenters. The molecule has 0 bridgehead atoms. The minimum Gasteiger partial charge on any atom is -0.398 e. The predicted octanol–water partition coefficient (Wildman–Crippen LogP) is 4.95. The zero-order valence-electron chi connectivity index (χ0n) is 19.6. The standard InChI is InChI=1S/C27H27F2N3O2/c1-15-10-17(18-8-9-21(27(2,3)34)25(30)19(18)12-31-4)11-23(29)20(15)14-32-13-16-6-5-7-22(28)24(16)26(32)33/h5-12,34H,13-14,30H2,1-4H3. The van der Waals surface area contributed by atoms with E-state index in [-0.39, 0.29) is 18.7 Å². The van der Waals surface area contributed by atoms with Gasteiger partial charge in [-0.3, -0.25) is 9.79 Å². The number of nitrogen functional groups attached to an aromatic ring is 1. The van der Waals surface area contributed by atoms with Crippen molar-refractivity contribution in [3.63, 3.8) is 0 Å². The van der Waals surface area contributed by atoms with Crippen LogP contribution in [-0.4, -0.2) is 29.2 Å². The summed E-state index contributed by atoms with van der Waals surface area (Å²) in [6.45, 7) is 5.34. The van der Waals surface area contributed by atoms with Crippen LogP contribution < -0.4 is 5.73 Å². The van der Waals surface area contributed by atoms with Gasteiger partial charge in [0.1, 0.15) is 11.6 Å². The molecular weight excluding hydrogens is 436 g/mol. The highest BCUT2D eigenvalue weighted by Crippen LogP contribution is 2.36. The van der Waals surface area contributed by atoms with E-state index in [1.807, 2.05) is 6.07 Å². The Kier molecular flexibility index (Phi) is 6.00. The number of hydrogen-bond donors (Lipinski definition) is 2. The van der Waals surface area contributed by atoms with E-state index in [0.29, 0.717) is 44.6 Å². The van der Waals surface area contributed by atoms with Crippen molar-refractivity contribution in [3.8, 4) is 11.1 Å². The molecule has 34 heavy (non-hydrogen) atoms. The van der Waals surface area contributed by atoms with Crippen molar-refractivity contribution in [2.24, 2.45) is 4.99 Å². The number of fused-ring (bicyclic) bond motifs is 1. The Morgan fingerprint density at radius 2 is 1.91 bits per heavy atom. The molecule has 1 amide bonds. The first-order valence-electron chi connectivity index (χ1n) is 11.0. The van der Waals surface area contributed by atoms with Crippen molar-refractivity contribution in [3.05, 3.63) is 87.5 Å². The minimum absolute atomic E-state index is 0.0357. The summed E-state index contributed by atoms with van der Waals surface area (Å²) in [4.78, 5) is 18.2. The van der Waals surface area contributed by atoms with Crippen LogP contribution in [0.2, 0.25) is 0 Å². The quantitative estimate of drug-likeness (QED) is 0.415. The van der Waals surface area contributed by atoms with Crippen molar-refractivity contribution in [2.75, 3.05) is 12.8 Å². The first kappa shape index (κ1) is 23.6. The van der Waals surface area contributed by atoms with E-state index in [1.165, 1.54) is 17.0 Å². The highest BCUT2D eigenvalue weighted by Gasteiger charge is 2.31. The number of carbonyl (C=O) groups is 1. The highest BCUT2D eigenvalue weighted by atomic mass is 19.1. The predicted molar refractivity (Wildman–Crippen MR) is 130 cm³/mol. The SMILES string of the molecule is CN=Cc1c(-c2cc(C)c(CN3Cc4cccc(F)c4C3=O)c(F)c2)ccc(C(C)(C)O)c1N. The van der Waals surface area contributed by atoms with Gasteiger partial charge in [0.15, 0.2) is 0 Å². The first-order valence-corrected chi connectivity index (χ1v) is 11.0. The van der Waals surface area contributed by atoms with Crippen LogP contribution in [0.1, 0.15) is 52.0 Å². The smallest absolute Gasteiger partial charge is 0.257 e. The molecule has 1 aliphatic heterocycles. The summed E-state index contributed by atoms with van der Waals surface area (Å²) in [6, 6.07) is 11.3. The monoisotopic (exact) mass is 463 g/mol. The Morgan fingerprint density at radius 3 is 2.53 bits per heavy atom. The number of nitrogens with zero attached hydrogens (tertiary/aromatic N) is 2. The molecule has 0 saturated heterocycles. The number of hydrogen-bond acceptors (Lipinski definition) is 4. The first-order chi connectivity index (χ1) is 16.0. The molecule has 1 heterocycles. The lowest BCUT2D eigenvalue weighted by molar-refractivity contribution is 0.0760. The number of aliphatic hydroxyl groups is 1. The van der Waals surface area contributed by atoms with Crippen LogP contribution in [0.3, 0.4) is 0 Å². The van der Waals surface area contributed by atoms with Crippen LogP contribution in [0.4, 0.5) is 14.5 Å². The number of benzene rings is 3. The lowest BCUT2D eigenvalue weighted by Crippen LogP contribution is -2.24. The number of carbonyl (C=O) groups excluding carboxylic acids is 1. The van der Waals surface area contributed by atoms with Crippen LogP contribution in [0.15, 0.2) is 47.5 Å². The number of aliphatic imine (C=N–C) groups is 1. The lowest BCUT2D eigenvalue weighted by atomic mass is 9.88. The molecule has 3 aromatic rings. The van der Waals surface area contributed by atoms with Gasteiger partial charge in [-0.2, -0.15) is 0 Å². The van der Waals surface area contributed by atoms with Crippen molar-refractivity contribution >= 4 is 17.8 Å². The van der Waals surface area contributed by atoms with Crippen LogP contribution in [-0.2, 0) is 18.7 Å². The minimum atomic E-state index is -1.15. The normalized spacial score (nSPS) is 13.7. The topological polar surface area (TPSA) is 78.9 Å². The molecule has 1 aliphatic rings. The summed E-state index contributed by atoms with van der Waals surface area (Å²) < 4.78 is 29.5. The number of rotatable bonds is 5.